The fourth-order valence-electron chi connectivity index (χ4n) is 3.50. The third kappa shape index (κ3) is 3.93. The van der Waals surface area contributed by atoms with E-state index in [9.17, 15) is 14.9 Å². The number of benzene rings is 1. The fraction of sp³-hybridized carbons (Fsp3) is 0.333. The van der Waals surface area contributed by atoms with E-state index in [4.69, 9.17) is 4.52 Å². The van der Waals surface area contributed by atoms with Gasteiger partial charge >= 0.3 is 10.7 Å². The van der Waals surface area contributed by atoms with Crippen molar-refractivity contribution in [2.24, 2.45) is 5.92 Å². The van der Waals surface area contributed by atoms with Gasteiger partial charge < -0.3 is 5.32 Å². The van der Waals surface area contributed by atoms with Crippen molar-refractivity contribution < 1.29 is 14.0 Å². The van der Waals surface area contributed by atoms with Crippen molar-refractivity contribution >= 4 is 34.0 Å². The number of nitriles is 1. The van der Waals surface area contributed by atoms with Crippen molar-refractivity contribution in [3.63, 3.8) is 0 Å². The Labute approximate surface area is 181 Å². The zero-order valence-corrected chi connectivity index (χ0v) is 18.2. The van der Waals surface area contributed by atoms with Crippen LogP contribution in [0.3, 0.4) is 0 Å². The molecule has 30 heavy (non-hydrogen) atoms. The number of amides is 1. The molecule has 1 aliphatic carbocycles. The molecule has 2 atom stereocenters. The summed E-state index contributed by atoms with van der Waals surface area (Å²) in [6, 6.07) is 11.5. The molecular formula is C21H21N4O3S2+. The number of aromatic amines is 1. The Bertz CT molecular complexity index is 1170. The van der Waals surface area contributed by atoms with Gasteiger partial charge in [0, 0.05) is 17.0 Å². The molecular weight excluding hydrogens is 420 g/mol. The number of thioether (sulfide) groups is 1. The number of rotatable bonds is 5. The van der Waals surface area contributed by atoms with Crippen LogP contribution in [0.25, 0.3) is 5.69 Å². The van der Waals surface area contributed by atoms with Crippen molar-refractivity contribution in [2.75, 3.05) is 5.32 Å². The first-order chi connectivity index (χ1) is 14.5. The van der Waals surface area contributed by atoms with Gasteiger partial charge in [0.1, 0.15) is 11.1 Å². The highest BCUT2D eigenvalue weighted by molar-refractivity contribution is 8.00. The van der Waals surface area contributed by atoms with Crippen LogP contribution in [0.2, 0.25) is 0 Å². The predicted molar refractivity (Wildman–Crippen MR) is 115 cm³/mol. The van der Waals surface area contributed by atoms with Gasteiger partial charge in [-0.2, -0.15) is 5.26 Å². The van der Waals surface area contributed by atoms with Crippen LogP contribution in [0.4, 0.5) is 5.00 Å². The average molecular weight is 442 g/mol. The van der Waals surface area contributed by atoms with Crippen LogP contribution in [0.5, 0.6) is 0 Å². The molecule has 0 saturated carbocycles. The van der Waals surface area contributed by atoms with Crippen LogP contribution < -0.4 is 15.6 Å². The lowest BCUT2D eigenvalue weighted by Crippen LogP contribution is -2.37. The van der Waals surface area contributed by atoms with E-state index in [2.05, 4.69) is 23.6 Å². The smallest absolute Gasteiger partial charge is 0.316 e. The van der Waals surface area contributed by atoms with E-state index < -0.39 is 10.9 Å². The van der Waals surface area contributed by atoms with E-state index in [0.29, 0.717) is 16.5 Å². The Balaban J connectivity index is 1.53. The van der Waals surface area contributed by atoms with Crippen LogP contribution in [-0.4, -0.2) is 16.4 Å². The number of thiophene rings is 1. The number of carbonyl (C=O) groups excluding carboxylic acids is 1. The summed E-state index contributed by atoms with van der Waals surface area (Å²) in [5.74, 6) is 0.324. The summed E-state index contributed by atoms with van der Waals surface area (Å²) in [7, 11) is 0. The average Bonchev–Trinajstić information content (AvgIpc) is 3.27. The van der Waals surface area contributed by atoms with E-state index in [1.807, 2.05) is 30.3 Å². The number of nitrogens with zero attached hydrogens (tertiary/aromatic N) is 2. The van der Waals surface area contributed by atoms with Crippen LogP contribution >= 0.6 is 23.1 Å². The Morgan fingerprint density at radius 3 is 2.93 bits per heavy atom. The minimum Gasteiger partial charge on any atom is -0.316 e. The molecule has 1 amide bonds. The molecule has 0 fully saturated rings. The standard InChI is InChI=1S/C21H20N4O3S2/c1-12-8-9-15-16(11-22)19(30-17(15)10-12)23-18(26)13(2)29-20-21(27)28-24-25(20)14-6-4-3-5-7-14/h3-7,12-13H,8-10H2,1-2H3,(H-,23,24,26,27)/p+1. The maximum Gasteiger partial charge on any atom is 0.442 e. The Morgan fingerprint density at radius 1 is 1.43 bits per heavy atom. The maximum atomic E-state index is 12.9. The molecule has 154 valence electrons. The van der Waals surface area contributed by atoms with Crippen molar-refractivity contribution in [3.8, 4) is 11.8 Å². The number of nitrogens with one attached hydrogen (secondary N) is 2. The molecule has 3 aromatic rings. The molecule has 0 bridgehead atoms. The molecule has 2 heterocycles. The van der Waals surface area contributed by atoms with Crippen LogP contribution in [0, 0.1) is 17.2 Å². The number of hydrogen-bond acceptors (Lipinski definition) is 6. The first-order valence-corrected chi connectivity index (χ1v) is 11.4. The van der Waals surface area contributed by atoms with Crippen molar-refractivity contribution in [2.45, 2.75) is 43.4 Å². The number of anilines is 1. The molecule has 4 rings (SSSR count). The molecule has 9 heteroatoms. The summed E-state index contributed by atoms with van der Waals surface area (Å²) in [5.41, 5.74) is 1.84. The van der Waals surface area contributed by atoms with Gasteiger partial charge in [0.25, 0.3) is 0 Å². The molecule has 2 N–H and O–H groups in total. The molecule has 0 aliphatic heterocycles. The van der Waals surface area contributed by atoms with E-state index in [1.165, 1.54) is 20.9 Å². The highest BCUT2D eigenvalue weighted by atomic mass is 32.2. The second kappa shape index (κ2) is 8.50. The van der Waals surface area contributed by atoms with Gasteiger partial charge in [-0.15, -0.1) is 11.3 Å². The van der Waals surface area contributed by atoms with E-state index in [0.717, 1.165) is 42.3 Å². The fourth-order valence-corrected chi connectivity index (χ4v) is 5.75. The molecule has 0 radical (unpaired) electrons. The molecule has 0 spiro atoms. The molecule has 7 nitrogen and oxygen atoms in total. The molecule has 1 aromatic carbocycles. The van der Waals surface area contributed by atoms with Gasteiger partial charge in [-0.1, -0.05) is 25.1 Å². The zero-order chi connectivity index (χ0) is 21.3. The van der Waals surface area contributed by atoms with E-state index >= 15 is 0 Å². The second-order valence-electron chi connectivity index (χ2n) is 7.37. The highest BCUT2D eigenvalue weighted by Gasteiger charge is 2.30. The molecule has 0 saturated heterocycles. The summed E-state index contributed by atoms with van der Waals surface area (Å²) in [6.45, 7) is 3.93. The number of H-pyrrole nitrogens is 1. The summed E-state index contributed by atoms with van der Waals surface area (Å²) < 4.78 is 6.46. The van der Waals surface area contributed by atoms with Gasteiger partial charge in [-0.05, 0) is 59.4 Å². The predicted octanol–water partition coefficient (Wildman–Crippen LogP) is 3.42. The number of hydrogen-bond donors (Lipinski definition) is 2. The first-order valence-electron chi connectivity index (χ1n) is 9.69. The topological polar surface area (TPSA) is 103 Å². The Morgan fingerprint density at radius 2 is 2.20 bits per heavy atom. The first kappa shape index (κ1) is 20.4. The quantitative estimate of drug-likeness (QED) is 0.466. The Kier molecular flexibility index (Phi) is 5.79. The molecule has 1 aliphatic rings. The normalized spacial score (nSPS) is 16.5. The third-order valence-corrected chi connectivity index (χ3v) is 7.45. The van der Waals surface area contributed by atoms with Crippen molar-refractivity contribution in [1.82, 2.24) is 5.27 Å². The van der Waals surface area contributed by atoms with Crippen molar-refractivity contribution in [1.29, 1.82) is 5.26 Å². The number of para-hydroxylation sites is 1. The zero-order valence-electron chi connectivity index (χ0n) is 16.6. The molecule has 2 unspecified atom stereocenters. The van der Waals surface area contributed by atoms with E-state index in [-0.39, 0.29) is 10.9 Å². The van der Waals surface area contributed by atoms with Crippen LogP contribution in [0.1, 0.15) is 36.3 Å². The van der Waals surface area contributed by atoms with Gasteiger partial charge in [-0.25, -0.2) is 4.79 Å². The molecule has 2 aromatic heterocycles. The highest BCUT2D eigenvalue weighted by Crippen LogP contribution is 2.39. The number of fused-ring (bicyclic) bond motifs is 1. The van der Waals surface area contributed by atoms with Crippen LogP contribution in [0.15, 0.2) is 44.7 Å². The Hall–Kier alpha value is -2.83. The van der Waals surface area contributed by atoms with Gasteiger partial charge in [-0.3, -0.25) is 9.32 Å². The summed E-state index contributed by atoms with van der Waals surface area (Å²) in [4.78, 5) is 26.2. The summed E-state index contributed by atoms with van der Waals surface area (Å²) in [6.07, 6.45) is 2.87. The number of carbonyl (C=O) groups is 1. The minimum atomic E-state index is -0.566. The van der Waals surface area contributed by atoms with Crippen LogP contribution in [-0.2, 0) is 17.6 Å². The van der Waals surface area contributed by atoms with Gasteiger partial charge in [0.2, 0.25) is 11.6 Å². The lowest BCUT2D eigenvalue weighted by molar-refractivity contribution is -0.704. The minimum absolute atomic E-state index is 0.261. The lowest BCUT2D eigenvalue weighted by Gasteiger charge is -2.17. The van der Waals surface area contributed by atoms with Gasteiger partial charge in [0.05, 0.1) is 10.8 Å². The third-order valence-electron chi connectivity index (χ3n) is 5.14. The second-order valence-corrected chi connectivity index (χ2v) is 9.81. The summed E-state index contributed by atoms with van der Waals surface area (Å²) >= 11 is 2.60. The maximum absolute atomic E-state index is 12.9. The van der Waals surface area contributed by atoms with Gasteiger partial charge in [0.15, 0.2) is 0 Å². The number of aromatic nitrogens is 2. The monoisotopic (exact) mass is 441 g/mol. The largest absolute Gasteiger partial charge is 0.442 e. The lowest BCUT2D eigenvalue weighted by atomic mass is 9.89. The van der Waals surface area contributed by atoms with E-state index in [1.54, 1.807) is 6.92 Å². The summed E-state index contributed by atoms with van der Waals surface area (Å²) in [5, 5.41) is 15.4. The SMILES string of the molecule is CC1CCc2c(sc(NC(=O)C(C)Sc3c(=O)o[nH][n+]3-c3ccccc3)c2C#N)C1. The van der Waals surface area contributed by atoms with Crippen molar-refractivity contribution in [3.05, 3.63) is 56.8 Å².